The van der Waals surface area contributed by atoms with Gasteiger partial charge in [0.25, 0.3) is 0 Å². The number of halogens is 3. The molecule has 106 valence electrons. The van der Waals surface area contributed by atoms with Gasteiger partial charge in [0.15, 0.2) is 0 Å². The summed E-state index contributed by atoms with van der Waals surface area (Å²) in [5.41, 5.74) is -0.203. The van der Waals surface area contributed by atoms with Crippen molar-refractivity contribution < 1.29 is 13.2 Å². The van der Waals surface area contributed by atoms with E-state index in [9.17, 15) is 13.2 Å². The Morgan fingerprint density at radius 1 is 1.21 bits per heavy atom. The minimum Gasteiger partial charge on any atom is -0.308 e. The number of alkyl halides is 3. The summed E-state index contributed by atoms with van der Waals surface area (Å²) in [5, 5.41) is 3.28. The number of hydrogen-bond donors (Lipinski definition) is 1. The van der Waals surface area contributed by atoms with Crippen LogP contribution in [0.3, 0.4) is 0 Å². The van der Waals surface area contributed by atoms with E-state index in [1.807, 2.05) is 6.92 Å². The van der Waals surface area contributed by atoms with Crippen molar-refractivity contribution in [2.45, 2.75) is 51.4 Å². The van der Waals surface area contributed by atoms with Crippen LogP contribution < -0.4 is 5.32 Å². The minimum absolute atomic E-state index is 0.254. The second kappa shape index (κ2) is 5.53. The first kappa shape index (κ1) is 14.4. The van der Waals surface area contributed by atoms with Gasteiger partial charge in [0.1, 0.15) is 0 Å². The van der Waals surface area contributed by atoms with Gasteiger partial charge < -0.3 is 5.32 Å². The Balaban J connectivity index is 2.07. The van der Waals surface area contributed by atoms with Gasteiger partial charge in [-0.05, 0) is 37.8 Å². The Morgan fingerprint density at radius 2 is 1.84 bits per heavy atom. The molecule has 0 radical (unpaired) electrons. The summed E-state index contributed by atoms with van der Waals surface area (Å²) in [7, 11) is 0. The van der Waals surface area contributed by atoms with Gasteiger partial charge in [0, 0.05) is 12.1 Å². The normalized spacial score (nSPS) is 19.2. The Morgan fingerprint density at radius 3 is 2.42 bits per heavy atom. The summed E-state index contributed by atoms with van der Waals surface area (Å²) in [6.45, 7) is 3.85. The molecule has 0 amide bonds. The molecule has 2 unspecified atom stereocenters. The van der Waals surface area contributed by atoms with E-state index in [2.05, 4.69) is 5.32 Å². The maximum Gasteiger partial charge on any atom is 0.416 e. The van der Waals surface area contributed by atoms with Crippen LogP contribution in [0.4, 0.5) is 13.2 Å². The fourth-order valence-corrected chi connectivity index (χ4v) is 2.57. The Labute approximate surface area is 112 Å². The molecule has 0 heterocycles. The molecule has 4 heteroatoms. The van der Waals surface area contributed by atoms with Crippen LogP contribution in [0.15, 0.2) is 24.3 Å². The summed E-state index contributed by atoms with van der Waals surface area (Å²) in [5.74, 6) is 0.771. The van der Waals surface area contributed by atoms with Gasteiger partial charge in [-0.2, -0.15) is 13.2 Å². The fraction of sp³-hybridized carbons (Fsp3) is 0.600. The molecule has 1 saturated carbocycles. The van der Waals surface area contributed by atoms with Crippen molar-refractivity contribution in [1.82, 2.24) is 5.32 Å². The van der Waals surface area contributed by atoms with Crippen LogP contribution >= 0.6 is 0 Å². The van der Waals surface area contributed by atoms with Gasteiger partial charge in [0.2, 0.25) is 0 Å². The molecule has 0 spiro atoms. The lowest BCUT2D eigenvalue weighted by atomic mass is 10.00. The van der Waals surface area contributed by atoms with Crippen LogP contribution in [0.2, 0.25) is 0 Å². The molecule has 0 aliphatic heterocycles. The highest BCUT2D eigenvalue weighted by atomic mass is 19.4. The van der Waals surface area contributed by atoms with Gasteiger partial charge in [-0.25, -0.2) is 0 Å². The smallest absolute Gasteiger partial charge is 0.308 e. The Kier molecular flexibility index (Phi) is 4.19. The molecule has 1 fully saturated rings. The third-order valence-corrected chi connectivity index (χ3v) is 3.65. The molecular weight excluding hydrogens is 251 g/mol. The molecule has 2 atom stereocenters. The van der Waals surface area contributed by atoms with Gasteiger partial charge in [-0.3, -0.25) is 0 Å². The molecule has 19 heavy (non-hydrogen) atoms. The molecule has 1 aromatic carbocycles. The summed E-state index contributed by atoms with van der Waals surface area (Å²) in [4.78, 5) is 0. The zero-order valence-corrected chi connectivity index (χ0v) is 11.3. The second-order valence-corrected chi connectivity index (χ2v) is 5.55. The first-order chi connectivity index (χ1) is 8.88. The highest BCUT2D eigenvalue weighted by Gasteiger charge is 2.34. The van der Waals surface area contributed by atoms with Crippen molar-refractivity contribution in [1.29, 1.82) is 0 Å². The molecule has 1 aliphatic rings. The van der Waals surface area contributed by atoms with E-state index in [1.165, 1.54) is 18.9 Å². The highest BCUT2D eigenvalue weighted by molar-refractivity contribution is 5.32. The minimum atomic E-state index is -4.29. The van der Waals surface area contributed by atoms with E-state index < -0.39 is 11.7 Å². The van der Waals surface area contributed by atoms with Crippen molar-refractivity contribution in [2.75, 3.05) is 0 Å². The average Bonchev–Trinajstić information content (AvgIpc) is 3.11. The summed E-state index contributed by atoms with van der Waals surface area (Å²) >= 11 is 0. The van der Waals surface area contributed by atoms with Crippen LogP contribution in [0.5, 0.6) is 0 Å². The fourth-order valence-electron chi connectivity index (χ4n) is 2.57. The third-order valence-electron chi connectivity index (χ3n) is 3.65. The van der Waals surface area contributed by atoms with Crippen LogP contribution in [0, 0.1) is 5.92 Å². The van der Waals surface area contributed by atoms with Crippen LogP contribution in [-0.4, -0.2) is 6.04 Å². The van der Waals surface area contributed by atoms with E-state index in [4.69, 9.17) is 0 Å². The topological polar surface area (TPSA) is 12.0 Å². The van der Waals surface area contributed by atoms with Crippen molar-refractivity contribution >= 4 is 0 Å². The molecule has 1 nitrogen and oxygen atoms in total. The first-order valence-corrected chi connectivity index (χ1v) is 6.80. The Hall–Kier alpha value is -1.03. The third kappa shape index (κ3) is 3.96. The number of benzene rings is 1. The lowest BCUT2D eigenvalue weighted by Gasteiger charge is -2.23. The zero-order valence-electron chi connectivity index (χ0n) is 11.3. The number of hydrogen-bond acceptors (Lipinski definition) is 1. The molecule has 2 rings (SSSR count). The summed E-state index contributed by atoms with van der Waals surface area (Å²) in [6.07, 6.45) is -0.704. The first-order valence-electron chi connectivity index (χ1n) is 6.80. The standard InChI is InChI=1S/C15H20F3N/c1-10(9-12-7-8-12)19-11(2)13-5-3-4-6-14(13)15(16,17)18/h3-6,10-12,19H,7-9H2,1-2H3. The SMILES string of the molecule is CC(CC1CC1)NC(C)c1ccccc1C(F)(F)F. The Bertz CT molecular complexity index is 424. The average molecular weight is 271 g/mol. The van der Waals surface area contributed by atoms with Gasteiger partial charge in [-0.1, -0.05) is 31.0 Å². The summed E-state index contributed by atoms with van der Waals surface area (Å²) < 4.78 is 38.8. The lowest BCUT2D eigenvalue weighted by Crippen LogP contribution is -2.30. The molecule has 0 saturated heterocycles. The molecule has 1 aromatic rings. The lowest BCUT2D eigenvalue weighted by molar-refractivity contribution is -0.138. The van der Waals surface area contributed by atoms with Gasteiger partial charge in [-0.15, -0.1) is 0 Å². The molecule has 1 N–H and O–H groups in total. The largest absolute Gasteiger partial charge is 0.416 e. The molecule has 0 bridgehead atoms. The predicted molar refractivity (Wildman–Crippen MR) is 69.8 cm³/mol. The van der Waals surface area contributed by atoms with E-state index in [-0.39, 0.29) is 12.1 Å². The van der Waals surface area contributed by atoms with Crippen molar-refractivity contribution in [3.8, 4) is 0 Å². The number of nitrogens with one attached hydrogen (secondary N) is 1. The monoisotopic (exact) mass is 271 g/mol. The molecular formula is C15H20F3N. The van der Waals surface area contributed by atoms with E-state index in [0.29, 0.717) is 5.56 Å². The number of rotatable bonds is 5. The maximum atomic E-state index is 12.9. The quantitative estimate of drug-likeness (QED) is 0.828. The molecule has 0 aromatic heterocycles. The van der Waals surface area contributed by atoms with E-state index in [0.717, 1.165) is 18.4 Å². The molecule has 1 aliphatic carbocycles. The van der Waals surface area contributed by atoms with Crippen LogP contribution in [0.25, 0.3) is 0 Å². The van der Waals surface area contributed by atoms with E-state index >= 15 is 0 Å². The van der Waals surface area contributed by atoms with Crippen LogP contribution in [-0.2, 0) is 6.18 Å². The van der Waals surface area contributed by atoms with E-state index in [1.54, 1.807) is 19.1 Å². The second-order valence-electron chi connectivity index (χ2n) is 5.55. The van der Waals surface area contributed by atoms with Crippen molar-refractivity contribution in [2.24, 2.45) is 5.92 Å². The van der Waals surface area contributed by atoms with Crippen LogP contribution in [0.1, 0.15) is 50.3 Å². The highest BCUT2D eigenvalue weighted by Crippen LogP contribution is 2.36. The maximum absolute atomic E-state index is 12.9. The van der Waals surface area contributed by atoms with Crippen molar-refractivity contribution in [3.05, 3.63) is 35.4 Å². The predicted octanol–water partition coefficient (Wildman–Crippen LogP) is 4.54. The van der Waals surface area contributed by atoms with Gasteiger partial charge in [0.05, 0.1) is 5.56 Å². The van der Waals surface area contributed by atoms with Crippen molar-refractivity contribution in [3.63, 3.8) is 0 Å². The zero-order chi connectivity index (χ0) is 14.0. The summed E-state index contributed by atoms with van der Waals surface area (Å²) in [6, 6.07) is 5.78. The van der Waals surface area contributed by atoms with Gasteiger partial charge >= 0.3 is 6.18 Å².